The van der Waals surface area contributed by atoms with Crippen LogP contribution in [0.1, 0.15) is 36.7 Å². The Morgan fingerprint density at radius 3 is 2.23 bits per heavy atom. The molecule has 1 aliphatic rings. The van der Waals surface area contributed by atoms with Crippen LogP contribution in [0.4, 0.5) is 11.4 Å². The Hall–Kier alpha value is -3.68. The van der Waals surface area contributed by atoms with Gasteiger partial charge in [-0.3, -0.25) is 19.1 Å². The fourth-order valence-corrected chi connectivity index (χ4v) is 3.83. The van der Waals surface area contributed by atoms with E-state index in [0.29, 0.717) is 17.1 Å². The summed E-state index contributed by atoms with van der Waals surface area (Å²) in [5.74, 6) is -0.488. The number of piperidine rings is 1. The average Bonchev–Trinajstić information content (AvgIpc) is 3.13. The summed E-state index contributed by atoms with van der Waals surface area (Å²) in [4.78, 5) is 38.6. The van der Waals surface area contributed by atoms with Crippen LogP contribution in [0, 0.1) is 0 Å². The molecule has 3 amide bonds. The van der Waals surface area contributed by atoms with Crippen molar-refractivity contribution in [2.45, 2.75) is 32.7 Å². The third kappa shape index (κ3) is 4.74. The molecule has 3 aromatic rings. The monoisotopic (exact) mass is 419 g/mol. The van der Waals surface area contributed by atoms with Crippen molar-refractivity contribution in [1.29, 1.82) is 0 Å². The number of hydrogen-bond acceptors (Lipinski definition) is 4. The Balaban J connectivity index is 1.51. The number of anilines is 2. The molecule has 1 aromatic heterocycles. The highest BCUT2D eigenvalue weighted by Gasteiger charge is 2.24. The predicted octanol–water partition coefficient (Wildman–Crippen LogP) is 3.26. The summed E-state index contributed by atoms with van der Waals surface area (Å²) in [7, 11) is 0. The van der Waals surface area contributed by atoms with Gasteiger partial charge in [0.2, 0.25) is 11.8 Å². The molecule has 0 bridgehead atoms. The summed E-state index contributed by atoms with van der Waals surface area (Å²) in [6.07, 6.45) is 3.16. The van der Waals surface area contributed by atoms with Crippen LogP contribution in [0.3, 0.4) is 0 Å². The number of para-hydroxylation sites is 1. The number of fused-ring (bicyclic) bond motifs is 1. The molecule has 1 fully saturated rings. The highest BCUT2D eigenvalue weighted by Crippen LogP contribution is 2.22. The van der Waals surface area contributed by atoms with Gasteiger partial charge in [0.1, 0.15) is 6.54 Å². The van der Waals surface area contributed by atoms with Crippen LogP contribution in [-0.4, -0.2) is 45.5 Å². The number of amides is 3. The van der Waals surface area contributed by atoms with Gasteiger partial charge in [0.15, 0.2) is 5.69 Å². The molecule has 0 atom stereocenters. The highest BCUT2D eigenvalue weighted by molar-refractivity contribution is 6.05. The summed E-state index contributed by atoms with van der Waals surface area (Å²) >= 11 is 0. The molecule has 0 radical (unpaired) electrons. The van der Waals surface area contributed by atoms with Gasteiger partial charge in [0.05, 0.1) is 5.52 Å². The van der Waals surface area contributed by atoms with Crippen molar-refractivity contribution in [3.05, 3.63) is 54.2 Å². The van der Waals surface area contributed by atoms with Gasteiger partial charge in [-0.05, 0) is 49.6 Å². The van der Waals surface area contributed by atoms with Gasteiger partial charge >= 0.3 is 0 Å². The third-order valence-corrected chi connectivity index (χ3v) is 5.29. The molecule has 1 saturated heterocycles. The molecule has 31 heavy (non-hydrogen) atoms. The maximum atomic E-state index is 13.0. The normalized spacial score (nSPS) is 13.8. The Morgan fingerprint density at radius 1 is 0.903 bits per heavy atom. The summed E-state index contributed by atoms with van der Waals surface area (Å²) in [6, 6.07) is 14.3. The molecular formula is C23H25N5O3. The van der Waals surface area contributed by atoms with Crippen molar-refractivity contribution in [3.63, 3.8) is 0 Å². The number of hydrogen-bond donors (Lipinski definition) is 2. The number of benzene rings is 2. The smallest absolute Gasteiger partial charge is 0.275 e. The zero-order valence-electron chi connectivity index (χ0n) is 17.4. The van der Waals surface area contributed by atoms with E-state index in [1.165, 1.54) is 6.92 Å². The standard InChI is InChI=1S/C23H25N5O3/c1-16(29)24-17-9-11-18(12-10-17)25-21(30)15-28-20-8-4-3-7-19(20)22(26-28)23(31)27-13-5-2-6-14-27/h3-4,7-12H,2,5-6,13-15H2,1H3,(H,24,29)(H,25,30). The lowest BCUT2D eigenvalue weighted by Gasteiger charge is -2.25. The number of nitrogens with zero attached hydrogens (tertiary/aromatic N) is 3. The summed E-state index contributed by atoms with van der Waals surface area (Å²) in [6.45, 7) is 2.92. The van der Waals surface area contributed by atoms with Crippen molar-refractivity contribution in [2.24, 2.45) is 0 Å². The molecule has 160 valence electrons. The van der Waals surface area contributed by atoms with Crippen LogP contribution in [0.15, 0.2) is 48.5 Å². The predicted molar refractivity (Wildman–Crippen MR) is 119 cm³/mol. The quantitative estimate of drug-likeness (QED) is 0.663. The Kier molecular flexibility index (Phi) is 5.97. The molecule has 2 aromatic carbocycles. The van der Waals surface area contributed by atoms with Gasteiger partial charge in [0, 0.05) is 36.8 Å². The van der Waals surface area contributed by atoms with Crippen molar-refractivity contribution in [1.82, 2.24) is 14.7 Å². The number of nitrogens with one attached hydrogen (secondary N) is 2. The van der Waals surface area contributed by atoms with E-state index >= 15 is 0 Å². The molecule has 2 heterocycles. The van der Waals surface area contributed by atoms with E-state index in [1.807, 2.05) is 29.2 Å². The summed E-state index contributed by atoms with van der Waals surface area (Å²) < 4.78 is 1.58. The molecule has 1 aliphatic heterocycles. The molecule has 0 saturated carbocycles. The lowest BCUT2D eigenvalue weighted by Crippen LogP contribution is -2.36. The molecule has 0 unspecified atom stereocenters. The van der Waals surface area contributed by atoms with Crippen LogP contribution in [0.2, 0.25) is 0 Å². The van der Waals surface area contributed by atoms with E-state index in [4.69, 9.17) is 0 Å². The van der Waals surface area contributed by atoms with Gasteiger partial charge < -0.3 is 15.5 Å². The van der Waals surface area contributed by atoms with E-state index in [-0.39, 0.29) is 24.3 Å². The first-order valence-corrected chi connectivity index (χ1v) is 10.4. The minimum atomic E-state index is -0.252. The zero-order valence-corrected chi connectivity index (χ0v) is 17.4. The van der Waals surface area contributed by atoms with E-state index in [0.717, 1.165) is 43.3 Å². The number of carbonyl (C=O) groups is 3. The van der Waals surface area contributed by atoms with Crippen molar-refractivity contribution in [2.75, 3.05) is 23.7 Å². The lowest BCUT2D eigenvalue weighted by molar-refractivity contribution is -0.117. The number of likely N-dealkylation sites (tertiary alicyclic amines) is 1. The van der Waals surface area contributed by atoms with Crippen LogP contribution < -0.4 is 10.6 Å². The summed E-state index contributed by atoms with van der Waals surface area (Å²) in [5, 5.41) is 10.8. The first kappa shape index (κ1) is 20.6. The van der Waals surface area contributed by atoms with Gasteiger partial charge in [0.25, 0.3) is 5.91 Å². The Bertz CT molecular complexity index is 1110. The largest absolute Gasteiger partial charge is 0.337 e. The molecule has 8 heteroatoms. The van der Waals surface area contributed by atoms with Crippen LogP contribution in [0.5, 0.6) is 0 Å². The summed E-state index contributed by atoms with van der Waals surface area (Å²) in [5.41, 5.74) is 2.41. The average molecular weight is 419 g/mol. The number of aromatic nitrogens is 2. The van der Waals surface area contributed by atoms with Gasteiger partial charge in [-0.25, -0.2) is 0 Å². The molecule has 8 nitrogen and oxygen atoms in total. The maximum Gasteiger partial charge on any atom is 0.275 e. The Morgan fingerprint density at radius 2 is 1.55 bits per heavy atom. The number of carbonyl (C=O) groups excluding carboxylic acids is 3. The van der Waals surface area contributed by atoms with Crippen molar-refractivity contribution >= 4 is 40.0 Å². The van der Waals surface area contributed by atoms with Gasteiger partial charge in [-0.1, -0.05) is 18.2 Å². The van der Waals surface area contributed by atoms with E-state index in [2.05, 4.69) is 15.7 Å². The second-order valence-electron chi connectivity index (χ2n) is 7.68. The zero-order chi connectivity index (χ0) is 21.8. The van der Waals surface area contributed by atoms with Crippen molar-refractivity contribution in [3.8, 4) is 0 Å². The highest BCUT2D eigenvalue weighted by atomic mass is 16.2. The molecule has 2 N–H and O–H groups in total. The van der Waals surface area contributed by atoms with E-state index in [9.17, 15) is 14.4 Å². The fourth-order valence-electron chi connectivity index (χ4n) is 3.83. The third-order valence-electron chi connectivity index (χ3n) is 5.29. The second kappa shape index (κ2) is 8.99. The maximum absolute atomic E-state index is 13.0. The van der Waals surface area contributed by atoms with Crippen LogP contribution >= 0.6 is 0 Å². The lowest BCUT2D eigenvalue weighted by atomic mass is 10.1. The Labute approximate surface area is 180 Å². The molecule has 4 rings (SSSR count). The van der Waals surface area contributed by atoms with Crippen molar-refractivity contribution < 1.29 is 14.4 Å². The SMILES string of the molecule is CC(=O)Nc1ccc(NC(=O)Cn2nc(C(=O)N3CCCCC3)c3ccccc32)cc1. The van der Waals surface area contributed by atoms with Crippen LogP contribution in [-0.2, 0) is 16.1 Å². The van der Waals surface area contributed by atoms with E-state index in [1.54, 1.807) is 28.9 Å². The number of rotatable bonds is 5. The van der Waals surface area contributed by atoms with Gasteiger partial charge in [-0.15, -0.1) is 0 Å². The molecule has 0 spiro atoms. The molecular weight excluding hydrogens is 394 g/mol. The van der Waals surface area contributed by atoms with Crippen LogP contribution in [0.25, 0.3) is 10.9 Å². The first-order chi connectivity index (χ1) is 15.0. The minimum absolute atomic E-state index is 0.0127. The first-order valence-electron chi connectivity index (χ1n) is 10.4. The molecule has 0 aliphatic carbocycles. The second-order valence-corrected chi connectivity index (χ2v) is 7.68. The fraction of sp³-hybridized carbons (Fsp3) is 0.304. The topological polar surface area (TPSA) is 96.3 Å². The van der Waals surface area contributed by atoms with E-state index < -0.39 is 0 Å². The minimum Gasteiger partial charge on any atom is -0.337 e. The van der Waals surface area contributed by atoms with Gasteiger partial charge in [-0.2, -0.15) is 5.10 Å².